The van der Waals surface area contributed by atoms with E-state index >= 15 is 0 Å². The number of hydrogen-bond acceptors (Lipinski definition) is 2. The van der Waals surface area contributed by atoms with E-state index in [1.54, 1.807) is 17.0 Å². The van der Waals surface area contributed by atoms with Crippen molar-refractivity contribution >= 4 is 5.91 Å². The predicted octanol–water partition coefficient (Wildman–Crippen LogP) is 2.82. The molecule has 1 heterocycles. The molecule has 0 bridgehead atoms. The Balaban J connectivity index is 1.82. The summed E-state index contributed by atoms with van der Waals surface area (Å²) in [4.78, 5) is 14.2. The lowest BCUT2D eigenvalue weighted by Crippen LogP contribution is -2.49. The zero-order valence-electron chi connectivity index (χ0n) is 12.9. The van der Waals surface area contributed by atoms with E-state index in [-0.39, 0.29) is 29.8 Å². The average molecular weight is 334 g/mol. The fourth-order valence-corrected chi connectivity index (χ4v) is 2.96. The second-order valence-electron chi connectivity index (χ2n) is 5.77. The quantitative estimate of drug-likeness (QED) is 0.936. The van der Waals surface area contributed by atoms with Gasteiger partial charge in [0.2, 0.25) is 5.91 Å². The Morgan fingerprint density at radius 1 is 1.12 bits per heavy atom. The molecule has 2 aromatic carbocycles. The minimum atomic E-state index is -0.609. The molecule has 1 saturated heterocycles. The van der Waals surface area contributed by atoms with Gasteiger partial charge in [0.25, 0.3) is 0 Å². The number of carbonyl (C=O) groups excluding carboxylic acids is 1. The van der Waals surface area contributed by atoms with Crippen molar-refractivity contribution in [3.05, 3.63) is 71.0 Å². The van der Waals surface area contributed by atoms with Crippen molar-refractivity contribution in [2.24, 2.45) is 0 Å². The first-order valence-corrected chi connectivity index (χ1v) is 7.74. The summed E-state index contributed by atoms with van der Waals surface area (Å²) in [5, 5.41) is 3.17. The van der Waals surface area contributed by atoms with Crippen LogP contribution in [0.5, 0.6) is 0 Å². The van der Waals surface area contributed by atoms with Crippen LogP contribution in [-0.2, 0) is 11.2 Å². The Bertz CT molecular complexity index is 751. The minimum Gasteiger partial charge on any atom is -0.333 e. The van der Waals surface area contributed by atoms with Crippen LogP contribution in [0.1, 0.15) is 17.2 Å². The maximum atomic E-state index is 13.8. The van der Waals surface area contributed by atoms with E-state index in [4.69, 9.17) is 0 Å². The Morgan fingerprint density at radius 2 is 1.92 bits per heavy atom. The van der Waals surface area contributed by atoms with E-state index < -0.39 is 11.6 Å². The molecule has 2 aromatic rings. The van der Waals surface area contributed by atoms with Crippen molar-refractivity contribution in [1.82, 2.24) is 10.2 Å². The molecule has 24 heavy (non-hydrogen) atoms. The van der Waals surface area contributed by atoms with Crippen LogP contribution >= 0.6 is 0 Å². The zero-order chi connectivity index (χ0) is 17.1. The van der Waals surface area contributed by atoms with E-state index in [2.05, 4.69) is 5.32 Å². The molecule has 0 aromatic heterocycles. The first-order chi connectivity index (χ1) is 11.5. The smallest absolute Gasteiger partial charge is 0.227 e. The largest absolute Gasteiger partial charge is 0.333 e. The highest BCUT2D eigenvalue weighted by molar-refractivity contribution is 5.79. The lowest BCUT2D eigenvalue weighted by molar-refractivity contribution is -0.133. The van der Waals surface area contributed by atoms with Gasteiger partial charge in [0.15, 0.2) is 0 Å². The average Bonchev–Trinajstić information content (AvgIpc) is 2.58. The topological polar surface area (TPSA) is 32.3 Å². The van der Waals surface area contributed by atoms with Gasteiger partial charge < -0.3 is 10.2 Å². The van der Waals surface area contributed by atoms with Gasteiger partial charge in [0.05, 0.1) is 12.5 Å². The van der Waals surface area contributed by atoms with Crippen LogP contribution in [0.4, 0.5) is 13.2 Å². The minimum absolute atomic E-state index is 0.0246. The molecule has 1 aliphatic rings. The number of rotatable bonds is 3. The van der Waals surface area contributed by atoms with Crippen LogP contribution in [-0.4, -0.2) is 30.4 Å². The molecule has 0 saturated carbocycles. The fourth-order valence-electron chi connectivity index (χ4n) is 2.96. The Morgan fingerprint density at radius 3 is 2.71 bits per heavy atom. The number of nitrogens with one attached hydrogen (secondary N) is 1. The number of halogens is 3. The van der Waals surface area contributed by atoms with Gasteiger partial charge in [-0.05, 0) is 35.9 Å². The molecule has 1 amide bonds. The molecule has 0 spiro atoms. The first kappa shape index (κ1) is 16.5. The number of benzene rings is 2. The van der Waals surface area contributed by atoms with Gasteiger partial charge in [0, 0.05) is 25.2 Å². The summed E-state index contributed by atoms with van der Waals surface area (Å²) in [6.45, 7) is 1.51. The molecule has 126 valence electrons. The molecule has 0 radical (unpaired) electrons. The summed E-state index contributed by atoms with van der Waals surface area (Å²) in [5.41, 5.74) is 0.701. The number of carbonyl (C=O) groups is 1. The van der Waals surface area contributed by atoms with Gasteiger partial charge in [-0.2, -0.15) is 0 Å². The summed E-state index contributed by atoms with van der Waals surface area (Å²) >= 11 is 0. The lowest BCUT2D eigenvalue weighted by Gasteiger charge is -2.36. The van der Waals surface area contributed by atoms with Crippen molar-refractivity contribution in [3.63, 3.8) is 0 Å². The molecule has 1 aliphatic heterocycles. The molecule has 0 aliphatic carbocycles. The highest BCUT2D eigenvalue weighted by Gasteiger charge is 2.28. The summed E-state index contributed by atoms with van der Waals surface area (Å²) in [6.07, 6.45) is -0.227. The molecule has 1 N–H and O–H groups in total. The summed E-state index contributed by atoms with van der Waals surface area (Å²) < 4.78 is 40.5. The maximum Gasteiger partial charge on any atom is 0.227 e. The van der Waals surface area contributed by atoms with Crippen molar-refractivity contribution < 1.29 is 18.0 Å². The lowest BCUT2D eigenvalue weighted by atomic mass is 10.0. The predicted molar refractivity (Wildman–Crippen MR) is 83.8 cm³/mol. The third-order valence-corrected chi connectivity index (χ3v) is 4.15. The van der Waals surface area contributed by atoms with Gasteiger partial charge >= 0.3 is 0 Å². The SMILES string of the molecule is O=C(Cc1cc(F)ccc1F)N1CCNCC1c1cccc(F)c1. The van der Waals surface area contributed by atoms with Crippen molar-refractivity contribution in [2.75, 3.05) is 19.6 Å². The molecule has 1 fully saturated rings. The molecule has 3 rings (SSSR count). The zero-order valence-corrected chi connectivity index (χ0v) is 12.9. The standard InChI is InChI=1S/C18H17F3N2O/c19-14-3-1-2-12(8-14)17-11-22-6-7-23(17)18(24)10-13-9-15(20)4-5-16(13)21/h1-5,8-9,17,22H,6-7,10-11H2. The van der Waals surface area contributed by atoms with Gasteiger partial charge in [-0.1, -0.05) is 12.1 Å². The van der Waals surface area contributed by atoms with Crippen LogP contribution in [0.25, 0.3) is 0 Å². The monoisotopic (exact) mass is 334 g/mol. The Labute approximate surface area is 138 Å². The first-order valence-electron chi connectivity index (χ1n) is 7.74. The second-order valence-corrected chi connectivity index (χ2v) is 5.77. The number of nitrogens with zero attached hydrogens (tertiary/aromatic N) is 1. The van der Waals surface area contributed by atoms with Crippen molar-refractivity contribution in [1.29, 1.82) is 0 Å². The number of amides is 1. The van der Waals surface area contributed by atoms with Gasteiger partial charge in [0.1, 0.15) is 17.5 Å². The van der Waals surface area contributed by atoms with Crippen molar-refractivity contribution in [2.45, 2.75) is 12.5 Å². The fraction of sp³-hybridized carbons (Fsp3) is 0.278. The molecule has 6 heteroatoms. The summed E-state index contributed by atoms with van der Waals surface area (Å²) in [7, 11) is 0. The third kappa shape index (κ3) is 3.59. The summed E-state index contributed by atoms with van der Waals surface area (Å²) in [5.74, 6) is -1.87. The molecular weight excluding hydrogens is 317 g/mol. The molecule has 1 atom stereocenters. The normalized spacial score (nSPS) is 17.8. The van der Waals surface area contributed by atoms with E-state index in [1.807, 2.05) is 0 Å². The van der Waals surface area contributed by atoms with Crippen LogP contribution in [0.15, 0.2) is 42.5 Å². The third-order valence-electron chi connectivity index (χ3n) is 4.15. The van der Waals surface area contributed by atoms with E-state index in [0.717, 1.165) is 18.2 Å². The Hall–Kier alpha value is -2.34. The number of hydrogen-bond donors (Lipinski definition) is 1. The van der Waals surface area contributed by atoms with Crippen LogP contribution in [0, 0.1) is 17.5 Å². The van der Waals surface area contributed by atoms with Gasteiger partial charge in [-0.25, -0.2) is 13.2 Å². The van der Waals surface area contributed by atoms with Crippen molar-refractivity contribution in [3.8, 4) is 0 Å². The van der Waals surface area contributed by atoms with E-state index in [1.165, 1.54) is 12.1 Å². The van der Waals surface area contributed by atoms with Crippen LogP contribution in [0.2, 0.25) is 0 Å². The van der Waals surface area contributed by atoms with Crippen LogP contribution in [0.3, 0.4) is 0 Å². The number of piperazine rings is 1. The highest BCUT2D eigenvalue weighted by atomic mass is 19.1. The summed E-state index contributed by atoms with van der Waals surface area (Å²) in [6, 6.07) is 8.81. The Kier molecular flexibility index (Phi) is 4.85. The maximum absolute atomic E-state index is 13.8. The van der Waals surface area contributed by atoms with Gasteiger partial charge in [-0.15, -0.1) is 0 Å². The second kappa shape index (κ2) is 7.05. The van der Waals surface area contributed by atoms with E-state index in [9.17, 15) is 18.0 Å². The highest BCUT2D eigenvalue weighted by Crippen LogP contribution is 2.24. The van der Waals surface area contributed by atoms with E-state index in [0.29, 0.717) is 25.2 Å². The molecule has 1 unspecified atom stereocenters. The molecular formula is C18H17F3N2O. The van der Waals surface area contributed by atoms with Gasteiger partial charge in [-0.3, -0.25) is 4.79 Å². The van der Waals surface area contributed by atoms with Crippen LogP contribution < -0.4 is 5.32 Å². The molecule has 3 nitrogen and oxygen atoms in total.